The first-order valence-electron chi connectivity index (χ1n) is 10.1. The Bertz CT molecular complexity index is 934. The summed E-state index contributed by atoms with van der Waals surface area (Å²) in [6.45, 7) is 8.10. The molecule has 5 rings (SSSR count). The monoisotopic (exact) mass is 382 g/mol. The molecule has 0 bridgehead atoms. The largest absolute Gasteiger partial charge is 0.348 e. The number of aromatic nitrogens is 2. The molecule has 2 fully saturated rings. The van der Waals surface area contributed by atoms with Crippen molar-refractivity contribution in [2.24, 2.45) is 10.8 Å². The summed E-state index contributed by atoms with van der Waals surface area (Å²) in [6, 6.07) is 6.49. The average Bonchev–Trinajstić information content (AvgIpc) is 3.06. The fraction of sp³-hybridized carbons (Fsp3) is 0.522. The van der Waals surface area contributed by atoms with Gasteiger partial charge in [0.15, 0.2) is 5.79 Å². The molecule has 148 valence electrons. The molecule has 1 aliphatic heterocycles. The lowest BCUT2D eigenvalue weighted by Gasteiger charge is -2.57. The predicted octanol–water partition coefficient (Wildman–Crippen LogP) is 4.91. The molecule has 28 heavy (non-hydrogen) atoms. The van der Waals surface area contributed by atoms with Gasteiger partial charge in [0.2, 0.25) is 0 Å². The highest BCUT2D eigenvalue weighted by atomic mass is 19.1. The first-order valence-corrected chi connectivity index (χ1v) is 10.1. The summed E-state index contributed by atoms with van der Waals surface area (Å²) < 4.78 is 28.2. The van der Waals surface area contributed by atoms with Gasteiger partial charge in [0.1, 0.15) is 5.82 Å². The summed E-state index contributed by atoms with van der Waals surface area (Å²) in [7, 11) is 0. The minimum absolute atomic E-state index is 0.0518. The minimum atomic E-state index is -0.553. The lowest BCUT2D eigenvalue weighted by atomic mass is 9.61. The van der Waals surface area contributed by atoms with E-state index in [1.165, 1.54) is 23.3 Å². The van der Waals surface area contributed by atoms with Crippen molar-refractivity contribution >= 4 is 6.08 Å². The first kappa shape index (κ1) is 18.1. The second-order valence-corrected chi connectivity index (χ2v) is 9.47. The van der Waals surface area contributed by atoms with Gasteiger partial charge in [0.25, 0.3) is 0 Å². The summed E-state index contributed by atoms with van der Waals surface area (Å²) in [5.41, 5.74) is 4.39. The molecule has 1 atom stereocenters. The number of hydrogen-bond acceptors (Lipinski definition) is 3. The standard InChI is InChI=1S/C23H27FN2O2/c1-21(2)14-27-23(28-15-21)10-4-5-17-11-20-16(12-22(17,23)3)13-25-26(20)19-8-6-18(24)7-9-19/h6-9,11,13H,4-5,10,12,14-15H2,1-3H3. The molecule has 4 nitrogen and oxygen atoms in total. The SMILES string of the molecule is CC1(C)COC2(CCCC3=Cc4c(cnn4-c4ccc(F)cc4)CC32C)OC1. The topological polar surface area (TPSA) is 36.3 Å². The van der Waals surface area contributed by atoms with E-state index in [-0.39, 0.29) is 16.6 Å². The molecule has 1 spiro atoms. The van der Waals surface area contributed by atoms with E-state index in [0.29, 0.717) is 0 Å². The van der Waals surface area contributed by atoms with Crippen LogP contribution in [-0.4, -0.2) is 28.8 Å². The molecule has 0 N–H and O–H groups in total. The Morgan fingerprint density at radius 2 is 1.79 bits per heavy atom. The number of halogens is 1. The molecule has 1 saturated carbocycles. The third-order valence-electron chi connectivity index (χ3n) is 6.71. The van der Waals surface area contributed by atoms with Gasteiger partial charge in [-0.1, -0.05) is 26.3 Å². The predicted molar refractivity (Wildman–Crippen MR) is 106 cm³/mol. The Labute approximate surface area is 165 Å². The number of ether oxygens (including phenoxy) is 2. The van der Waals surface area contributed by atoms with Crippen molar-refractivity contribution in [2.45, 2.75) is 52.2 Å². The molecule has 5 heteroatoms. The summed E-state index contributed by atoms with van der Waals surface area (Å²) in [6.07, 6.45) is 8.08. The van der Waals surface area contributed by atoms with Crippen molar-refractivity contribution in [3.8, 4) is 5.69 Å². The zero-order chi connectivity index (χ0) is 19.6. The molecule has 2 aromatic rings. The van der Waals surface area contributed by atoms with Crippen LogP contribution in [0.1, 0.15) is 51.3 Å². The molecule has 1 unspecified atom stereocenters. The van der Waals surface area contributed by atoms with Crippen LogP contribution in [0.15, 0.2) is 36.0 Å². The smallest absolute Gasteiger partial charge is 0.177 e. The molecule has 3 aliphatic rings. The Hall–Kier alpha value is -1.98. The van der Waals surface area contributed by atoms with Gasteiger partial charge in [-0.2, -0.15) is 5.10 Å². The van der Waals surface area contributed by atoms with Crippen LogP contribution in [0, 0.1) is 16.6 Å². The summed E-state index contributed by atoms with van der Waals surface area (Å²) in [5.74, 6) is -0.790. The van der Waals surface area contributed by atoms with E-state index in [1.807, 2.05) is 10.9 Å². The van der Waals surface area contributed by atoms with Crippen LogP contribution >= 0.6 is 0 Å². The zero-order valence-electron chi connectivity index (χ0n) is 16.8. The van der Waals surface area contributed by atoms with Crippen LogP contribution in [0.4, 0.5) is 4.39 Å². The van der Waals surface area contributed by atoms with Gasteiger partial charge in [-0.25, -0.2) is 9.07 Å². The maximum atomic E-state index is 13.3. The van der Waals surface area contributed by atoms with Gasteiger partial charge in [0, 0.05) is 17.3 Å². The van der Waals surface area contributed by atoms with Crippen molar-refractivity contribution in [3.05, 3.63) is 53.1 Å². The highest BCUT2D eigenvalue weighted by Gasteiger charge is 2.58. The molecule has 0 amide bonds. The zero-order valence-corrected chi connectivity index (χ0v) is 16.8. The Morgan fingerprint density at radius 1 is 1.07 bits per heavy atom. The van der Waals surface area contributed by atoms with E-state index < -0.39 is 5.79 Å². The van der Waals surface area contributed by atoms with Crippen LogP contribution in [0.5, 0.6) is 0 Å². The molecule has 1 aromatic heterocycles. The van der Waals surface area contributed by atoms with Gasteiger partial charge in [0.05, 0.1) is 30.8 Å². The average molecular weight is 382 g/mol. The Kier molecular flexibility index (Phi) is 3.88. The van der Waals surface area contributed by atoms with E-state index >= 15 is 0 Å². The third kappa shape index (κ3) is 2.60. The van der Waals surface area contributed by atoms with Crippen LogP contribution < -0.4 is 0 Å². The minimum Gasteiger partial charge on any atom is -0.348 e. The highest BCUT2D eigenvalue weighted by molar-refractivity contribution is 5.61. The molecular weight excluding hydrogens is 355 g/mol. The highest BCUT2D eigenvalue weighted by Crippen LogP contribution is 2.57. The van der Waals surface area contributed by atoms with Gasteiger partial charge >= 0.3 is 0 Å². The first-order chi connectivity index (χ1) is 13.3. The lowest BCUT2D eigenvalue weighted by molar-refractivity contribution is -0.346. The summed E-state index contributed by atoms with van der Waals surface area (Å²) >= 11 is 0. The van der Waals surface area contributed by atoms with Crippen molar-refractivity contribution in [3.63, 3.8) is 0 Å². The maximum absolute atomic E-state index is 13.3. The number of benzene rings is 1. The second kappa shape index (κ2) is 6.01. The van der Waals surface area contributed by atoms with Gasteiger partial charge in [-0.15, -0.1) is 0 Å². The Morgan fingerprint density at radius 3 is 2.50 bits per heavy atom. The van der Waals surface area contributed by atoms with E-state index in [2.05, 4.69) is 31.9 Å². The van der Waals surface area contributed by atoms with Crippen molar-refractivity contribution in [1.82, 2.24) is 9.78 Å². The van der Waals surface area contributed by atoms with E-state index in [1.54, 1.807) is 12.1 Å². The van der Waals surface area contributed by atoms with Crippen molar-refractivity contribution in [2.75, 3.05) is 13.2 Å². The summed E-state index contributed by atoms with van der Waals surface area (Å²) in [5, 5.41) is 4.61. The van der Waals surface area contributed by atoms with Crippen molar-refractivity contribution < 1.29 is 13.9 Å². The maximum Gasteiger partial charge on any atom is 0.177 e. The molecule has 2 heterocycles. The summed E-state index contributed by atoms with van der Waals surface area (Å²) in [4.78, 5) is 0. The van der Waals surface area contributed by atoms with Crippen LogP contribution in [0.3, 0.4) is 0 Å². The van der Waals surface area contributed by atoms with Crippen LogP contribution in [0.2, 0.25) is 0 Å². The van der Waals surface area contributed by atoms with Crippen LogP contribution in [-0.2, 0) is 15.9 Å². The fourth-order valence-electron chi connectivity index (χ4n) is 4.97. The quantitative estimate of drug-likeness (QED) is 0.703. The molecule has 1 saturated heterocycles. The van der Waals surface area contributed by atoms with E-state index in [9.17, 15) is 4.39 Å². The molecule has 0 radical (unpaired) electrons. The molecular formula is C23H27FN2O2. The second-order valence-electron chi connectivity index (χ2n) is 9.47. The Balaban J connectivity index is 1.54. The van der Waals surface area contributed by atoms with Gasteiger partial charge in [-0.05, 0) is 55.2 Å². The van der Waals surface area contributed by atoms with Gasteiger partial charge < -0.3 is 9.47 Å². The van der Waals surface area contributed by atoms with E-state index in [4.69, 9.17) is 9.47 Å². The van der Waals surface area contributed by atoms with Crippen molar-refractivity contribution in [1.29, 1.82) is 0 Å². The number of rotatable bonds is 1. The number of fused-ring (bicyclic) bond motifs is 3. The number of nitrogens with zero attached hydrogens (tertiary/aromatic N) is 2. The lowest BCUT2D eigenvalue weighted by Crippen LogP contribution is -2.60. The fourth-order valence-corrected chi connectivity index (χ4v) is 4.97. The third-order valence-corrected chi connectivity index (χ3v) is 6.71. The normalized spacial score (nSPS) is 27.8. The van der Waals surface area contributed by atoms with E-state index in [0.717, 1.165) is 50.3 Å². The molecule has 1 aromatic carbocycles. The van der Waals surface area contributed by atoms with Gasteiger partial charge in [-0.3, -0.25) is 0 Å². The molecule has 2 aliphatic carbocycles. The number of hydrogen-bond donors (Lipinski definition) is 0. The van der Waals surface area contributed by atoms with Crippen LogP contribution in [0.25, 0.3) is 11.8 Å².